The molecule has 1 aromatic carbocycles. The number of nitrogens with zero attached hydrogens (tertiary/aromatic N) is 5. The number of hydrogen-bond acceptors (Lipinski definition) is 6. The highest BCUT2D eigenvalue weighted by atomic mass is 16.5. The van der Waals surface area contributed by atoms with Crippen molar-refractivity contribution in [2.75, 3.05) is 39.8 Å². The summed E-state index contributed by atoms with van der Waals surface area (Å²) in [6.45, 7) is 9.32. The number of benzene rings is 1. The zero-order chi connectivity index (χ0) is 19.2. The third kappa shape index (κ3) is 5.37. The molecule has 0 bridgehead atoms. The molecule has 1 aliphatic heterocycles. The molecule has 7 heteroatoms. The van der Waals surface area contributed by atoms with Crippen molar-refractivity contribution in [1.29, 1.82) is 0 Å². The van der Waals surface area contributed by atoms with Gasteiger partial charge in [0.1, 0.15) is 0 Å². The van der Waals surface area contributed by atoms with Gasteiger partial charge in [0.25, 0.3) is 0 Å². The Morgan fingerprint density at radius 1 is 1.22 bits per heavy atom. The number of rotatable bonds is 7. The highest BCUT2D eigenvalue weighted by Gasteiger charge is 2.22. The van der Waals surface area contributed by atoms with Crippen molar-refractivity contribution < 1.29 is 9.32 Å². The largest absolute Gasteiger partial charge is 0.339 e. The summed E-state index contributed by atoms with van der Waals surface area (Å²) in [7, 11) is 1.90. The topological polar surface area (TPSA) is 65.7 Å². The van der Waals surface area contributed by atoms with E-state index in [1.165, 1.54) is 11.1 Å². The first-order valence-corrected chi connectivity index (χ1v) is 9.59. The maximum Gasteiger partial charge on any atom is 0.240 e. The van der Waals surface area contributed by atoms with E-state index in [-0.39, 0.29) is 5.91 Å². The maximum absolute atomic E-state index is 12.6. The van der Waals surface area contributed by atoms with E-state index in [0.717, 1.165) is 39.1 Å². The van der Waals surface area contributed by atoms with Gasteiger partial charge in [-0.3, -0.25) is 14.6 Å². The molecule has 1 aromatic heterocycles. The van der Waals surface area contributed by atoms with Crippen molar-refractivity contribution in [3.8, 4) is 0 Å². The molecule has 0 atom stereocenters. The first kappa shape index (κ1) is 19.5. The van der Waals surface area contributed by atoms with E-state index in [4.69, 9.17) is 4.52 Å². The highest BCUT2D eigenvalue weighted by Crippen LogP contribution is 2.13. The minimum atomic E-state index is 0.156. The summed E-state index contributed by atoms with van der Waals surface area (Å²) < 4.78 is 5.20. The molecule has 0 radical (unpaired) electrons. The van der Waals surface area contributed by atoms with Crippen molar-refractivity contribution in [2.45, 2.75) is 33.4 Å². The van der Waals surface area contributed by atoms with Crippen LogP contribution < -0.4 is 0 Å². The van der Waals surface area contributed by atoms with Crippen molar-refractivity contribution >= 4 is 5.91 Å². The van der Waals surface area contributed by atoms with Crippen LogP contribution in [0, 0.1) is 6.92 Å². The molecule has 1 amide bonds. The molecule has 146 valence electrons. The quantitative estimate of drug-likeness (QED) is 0.738. The number of aryl methyl sites for hydroxylation is 2. The fraction of sp³-hybridized carbons (Fsp3) is 0.550. The molecular formula is C20H29N5O2. The fourth-order valence-corrected chi connectivity index (χ4v) is 3.30. The molecule has 3 rings (SSSR count). The summed E-state index contributed by atoms with van der Waals surface area (Å²) in [5, 5.41) is 3.89. The zero-order valence-corrected chi connectivity index (χ0v) is 16.5. The van der Waals surface area contributed by atoms with E-state index in [0.29, 0.717) is 24.8 Å². The van der Waals surface area contributed by atoms with Crippen LogP contribution in [0.5, 0.6) is 0 Å². The van der Waals surface area contributed by atoms with Crippen molar-refractivity contribution in [3.63, 3.8) is 0 Å². The van der Waals surface area contributed by atoms with Crippen LogP contribution in [-0.2, 0) is 24.3 Å². The van der Waals surface area contributed by atoms with Crippen molar-refractivity contribution in [1.82, 2.24) is 24.8 Å². The van der Waals surface area contributed by atoms with Gasteiger partial charge >= 0.3 is 0 Å². The van der Waals surface area contributed by atoms with E-state index in [1.54, 1.807) is 0 Å². The first-order valence-electron chi connectivity index (χ1n) is 9.59. The van der Waals surface area contributed by atoms with E-state index in [9.17, 15) is 4.79 Å². The lowest BCUT2D eigenvalue weighted by Crippen LogP contribution is -2.50. The van der Waals surface area contributed by atoms with Crippen LogP contribution in [0.25, 0.3) is 0 Å². The molecule has 0 saturated carbocycles. The Hall–Kier alpha value is -2.25. The molecule has 0 N–H and O–H groups in total. The normalized spacial score (nSPS) is 15.5. The van der Waals surface area contributed by atoms with Crippen LogP contribution in [0.1, 0.15) is 29.8 Å². The van der Waals surface area contributed by atoms with Gasteiger partial charge in [0.05, 0.1) is 13.1 Å². The molecule has 2 heterocycles. The molecule has 0 aliphatic carbocycles. The number of aromatic nitrogens is 2. The van der Waals surface area contributed by atoms with Crippen LogP contribution in [0.3, 0.4) is 0 Å². The van der Waals surface area contributed by atoms with E-state index in [2.05, 4.69) is 46.2 Å². The number of amides is 1. The molecule has 27 heavy (non-hydrogen) atoms. The van der Waals surface area contributed by atoms with Crippen LogP contribution in [-0.4, -0.2) is 70.5 Å². The number of piperazine rings is 1. The lowest BCUT2D eigenvalue weighted by Gasteiger charge is -2.35. The Morgan fingerprint density at radius 3 is 2.63 bits per heavy atom. The van der Waals surface area contributed by atoms with Gasteiger partial charge in [-0.15, -0.1) is 0 Å². The lowest BCUT2D eigenvalue weighted by molar-refractivity contribution is -0.134. The van der Waals surface area contributed by atoms with Crippen LogP contribution >= 0.6 is 0 Å². The van der Waals surface area contributed by atoms with Gasteiger partial charge in [-0.2, -0.15) is 4.98 Å². The lowest BCUT2D eigenvalue weighted by atomic mass is 10.1. The predicted octanol–water partition coefficient (Wildman–Crippen LogP) is 1.72. The fourth-order valence-electron chi connectivity index (χ4n) is 3.30. The molecule has 1 aliphatic rings. The predicted molar refractivity (Wildman–Crippen MR) is 103 cm³/mol. The zero-order valence-electron chi connectivity index (χ0n) is 16.5. The SMILES string of the molecule is CCc1noc(CN(C)CC(=O)N2CCN(Cc3ccccc3C)CC2)n1. The van der Waals surface area contributed by atoms with Crippen molar-refractivity contribution in [2.24, 2.45) is 0 Å². The summed E-state index contributed by atoms with van der Waals surface area (Å²) in [4.78, 5) is 23.2. The van der Waals surface area contributed by atoms with E-state index >= 15 is 0 Å². The number of hydrogen-bond donors (Lipinski definition) is 0. The Morgan fingerprint density at radius 2 is 1.96 bits per heavy atom. The molecule has 0 spiro atoms. The Bertz CT molecular complexity index is 752. The monoisotopic (exact) mass is 371 g/mol. The molecular weight excluding hydrogens is 342 g/mol. The third-order valence-electron chi connectivity index (χ3n) is 5.02. The maximum atomic E-state index is 12.6. The van der Waals surface area contributed by atoms with E-state index < -0.39 is 0 Å². The first-order chi connectivity index (χ1) is 13.0. The van der Waals surface area contributed by atoms with Crippen LogP contribution in [0.4, 0.5) is 0 Å². The van der Waals surface area contributed by atoms with Gasteiger partial charge in [-0.05, 0) is 25.1 Å². The highest BCUT2D eigenvalue weighted by molar-refractivity contribution is 5.78. The Balaban J connectivity index is 1.43. The second-order valence-electron chi connectivity index (χ2n) is 7.21. The van der Waals surface area contributed by atoms with E-state index in [1.807, 2.05) is 23.8 Å². The number of carbonyl (C=O) groups excluding carboxylic acids is 1. The number of likely N-dealkylation sites (N-methyl/N-ethyl adjacent to an activating group) is 1. The summed E-state index contributed by atoms with van der Waals surface area (Å²) in [6, 6.07) is 8.50. The van der Waals surface area contributed by atoms with Crippen LogP contribution in [0.2, 0.25) is 0 Å². The third-order valence-corrected chi connectivity index (χ3v) is 5.02. The second kappa shape index (κ2) is 9.10. The Labute approximate surface area is 160 Å². The molecule has 1 fully saturated rings. The van der Waals surface area contributed by atoms with Gasteiger partial charge in [-0.1, -0.05) is 36.3 Å². The average Bonchev–Trinajstić information content (AvgIpc) is 3.11. The van der Waals surface area contributed by atoms with Gasteiger partial charge < -0.3 is 9.42 Å². The average molecular weight is 371 g/mol. The second-order valence-corrected chi connectivity index (χ2v) is 7.21. The minimum absolute atomic E-state index is 0.156. The van der Waals surface area contributed by atoms with Gasteiger partial charge in [-0.25, -0.2) is 0 Å². The van der Waals surface area contributed by atoms with Crippen molar-refractivity contribution in [3.05, 3.63) is 47.1 Å². The standard InChI is InChI=1S/C20H29N5O2/c1-4-18-21-19(27-22-18)14-23(3)15-20(26)25-11-9-24(10-12-25)13-17-8-6-5-7-16(17)2/h5-8H,4,9-15H2,1-3H3. The van der Waals surface area contributed by atoms with Gasteiger partial charge in [0.2, 0.25) is 11.8 Å². The summed E-state index contributed by atoms with van der Waals surface area (Å²) in [5.74, 6) is 1.42. The van der Waals surface area contributed by atoms with Gasteiger partial charge in [0, 0.05) is 39.1 Å². The summed E-state index contributed by atoms with van der Waals surface area (Å²) >= 11 is 0. The summed E-state index contributed by atoms with van der Waals surface area (Å²) in [6.07, 6.45) is 0.749. The number of carbonyl (C=O) groups is 1. The molecule has 7 nitrogen and oxygen atoms in total. The molecule has 0 unspecified atom stereocenters. The van der Waals surface area contributed by atoms with Crippen LogP contribution in [0.15, 0.2) is 28.8 Å². The molecule has 1 saturated heterocycles. The minimum Gasteiger partial charge on any atom is -0.339 e. The van der Waals surface area contributed by atoms with Gasteiger partial charge in [0.15, 0.2) is 5.82 Å². The smallest absolute Gasteiger partial charge is 0.240 e. The summed E-state index contributed by atoms with van der Waals surface area (Å²) in [5.41, 5.74) is 2.69. The Kier molecular flexibility index (Phi) is 6.58. The molecule has 2 aromatic rings.